The number of rotatable bonds is 5. The van der Waals surface area contributed by atoms with Gasteiger partial charge in [-0.1, -0.05) is 30.8 Å². The maximum absolute atomic E-state index is 10.7. The summed E-state index contributed by atoms with van der Waals surface area (Å²) in [4.78, 5) is 15.2. The van der Waals surface area contributed by atoms with Crippen LogP contribution in [0.15, 0.2) is 29.4 Å². The number of hydrogen-bond donors (Lipinski definition) is 1. The van der Waals surface area contributed by atoms with Crippen LogP contribution in [0.1, 0.15) is 26.3 Å². The van der Waals surface area contributed by atoms with Crippen LogP contribution < -0.4 is 0 Å². The van der Waals surface area contributed by atoms with Crippen molar-refractivity contribution in [2.24, 2.45) is 0 Å². The number of nitrogens with zero attached hydrogens (tertiary/aromatic N) is 2. The molecule has 0 amide bonds. The number of carboxylic acids is 1. The summed E-state index contributed by atoms with van der Waals surface area (Å²) >= 11 is 1.28. The summed E-state index contributed by atoms with van der Waals surface area (Å²) in [5.74, 6) is -0.775. The predicted molar refractivity (Wildman–Crippen MR) is 73.1 cm³/mol. The largest absolute Gasteiger partial charge is 0.481 e. The molecule has 18 heavy (non-hydrogen) atoms. The summed E-state index contributed by atoms with van der Waals surface area (Å²) < 4.78 is 2.13. The second kappa shape index (κ2) is 5.44. The first-order valence-electron chi connectivity index (χ1n) is 5.95. The average molecular weight is 264 g/mol. The fraction of sp³-hybridized carbons (Fsp3) is 0.385. The van der Waals surface area contributed by atoms with Gasteiger partial charge in [-0.3, -0.25) is 4.79 Å². The van der Waals surface area contributed by atoms with Crippen molar-refractivity contribution in [2.75, 3.05) is 5.75 Å². The highest BCUT2D eigenvalue weighted by Gasteiger charge is 2.15. The molecule has 2 rings (SSSR count). The first-order valence-corrected chi connectivity index (χ1v) is 6.93. The average Bonchev–Trinajstić information content (AvgIpc) is 2.73. The van der Waals surface area contributed by atoms with Crippen molar-refractivity contribution >= 4 is 28.8 Å². The lowest BCUT2D eigenvalue weighted by Gasteiger charge is -2.14. The summed E-state index contributed by atoms with van der Waals surface area (Å²) in [6, 6.07) is 8.23. The first kappa shape index (κ1) is 13.0. The molecule has 1 atom stereocenters. The van der Waals surface area contributed by atoms with Gasteiger partial charge in [0.15, 0.2) is 5.16 Å². The van der Waals surface area contributed by atoms with Crippen LogP contribution in [0.2, 0.25) is 0 Å². The highest BCUT2D eigenvalue weighted by Crippen LogP contribution is 2.28. The molecule has 0 aliphatic heterocycles. The predicted octanol–water partition coefficient (Wildman–Crippen LogP) is 3.18. The molecule has 0 saturated carbocycles. The van der Waals surface area contributed by atoms with E-state index in [4.69, 9.17) is 5.11 Å². The van der Waals surface area contributed by atoms with E-state index in [2.05, 4.69) is 23.4 Å². The van der Waals surface area contributed by atoms with Crippen molar-refractivity contribution in [1.29, 1.82) is 0 Å². The van der Waals surface area contributed by atoms with Gasteiger partial charge in [-0.25, -0.2) is 4.98 Å². The minimum Gasteiger partial charge on any atom is -0.481 e. The van der Waals surface area contributed by atoms with Crippen molar-refractivity contribution in [3.05, 3.63) is 24.3 Å². The fourth-order valence-corrected chi connectivity index (χ4v) is 2.69. The Morgan fingerprint density at radius 2 is 2.22 bits per heavy atom. The molecule has 96 valence electrons. The van der Waals surface area contributed by atoms with Crippen LogP contribution in [-0.2, 0) is 4.79 Å². The maximum Gasteiger partial charge on any atom is 0.313 e. The summed E-state index contributed by atoms with van der Waals surface area (Å²) in [6.45, 7) is 4.24. The summed E-state index contributed by atoms with van der Waals surface area (Å²) in [7, 11) is 0. The molecule has 0 fully saturated rings. The standard InChI is InChI=1S/C13H16N2O2S/c1-3-9(2)15-11-7-5-4-6-10(11)14-13(15)18-8-12(16)17/h4-7,9H,3,8H2,1-2H3,(H,16,17). The zero-order valence-electron chi connectivity index (χ0n) is 10.5. The van der Waals surface area contributed by atoms with E-state index in [1.54, 1.807) is 0 Å². The van der Waals surface area contributed by atoms with E-state index in [1.165, 1.54) is 11.8 Å². The highest BCUT2D eigenvalue weighted by atomic mass is 32.2. The van der Waals surface area contributed by atoms with E-state index in [-0.39, 0.29) is 5.75 Å². The Labute approximate surface area is 110 Å². The van der Waals surface area contributed by atoms with Crippen LogP contribution in [0, 0.1) is 0 Å². The summed E-state index contributed by atoms with van der Waals surface area (Å²) in [5.41, 5.74) is 1.99. The highest BCUT2D eigenvalue weighted by molar-refractivity contribution is 7.99. The number of fused-ring (bicyclic) bond motifs is 1. The van der Waals surface area contributed by atoms with Gasteiger partial charge < -0.3 is 9.67 Å². The van der Waals surface area contributed by atoms with Gasteiger partial charge >= 0.3 is 5.97 Å². The van der Waals surface area contributed by atoms with E-state index < -0.39 is 5.97 Å². The Morgan fingerprint density at radius 3 is 2.89 bits per heavy atom. The summed E-state index contributed by atoms with van der Waals surface area (Å²) in [6.07, 6.45) is 0.987. The lowest BCUT2D eigenvalue weighted by Crippen LogP contribution is -2.07. The van der Waals surface area contributed by atoms with E-state index in [1.807, 2.05) is 24.3 Å². The Hall–Kier alpha value is -1.49. The molecule has 4 nitrogen and oxygen atoms in total. The Bertz CT molecular complexity index is 565. The van der Waals surface area contributed by atoms with Gasteiger partial charge in [0.05, 0.1) is 16.8 Å². The topological polar surface area (TPSA) is 55.1 Å². The molecule has 1 unspecified atom stereocenters. The van der Waals surface area contributed by atoms with Crippen LogP contribution in [0.25, 0.3) is 11.0 Å². The molecule has 1 aromatic carbocycles. The Kier molecular flexibility index (Phi) is 3.91. The van der Waals surface area contributed by atoms with Gasteiger partial charge in [-0.2, -0.15) is 0 Å². The number of benzene rings is 1. The van der Waals surface area contributed by atoms with E-state index in [0.29, 0.717) is 6.04 Å². The second-order valence-electron chi connectivity index (χ2n) is 4.19. The van der Waals surface area contributed by atoms with Crippen LogP contribution in [-0.4, -0.2) is 26.4 Å². The normalized spacial score (nSPS) is 12.8. The quantitative estimate of drug-likeness (QED) is 0.843. The molecule has 0 spiro atoms. The summed E-state index contributed by atoms with van der Waals surface area (Å²) in [5, 5.41) is 9.56. The van der Waals surface area contributed by atoms with Crippen LogP contribution in [0.5, 0.6) is 0 Å². The number of carbonyl (C=O) groups is 1. The van der Waals surface area contributed by atoms with Crippen molar-refractivity contribution in [1.82, 2.24) is 9.55 Å². The lowest BCUT2D eigenvalue weighted by molar-refractivity contribution is -0.133. The van der Waals surface area contributed by atoms with Crippen LogP contribution in [0.4, 0.5) is 0 Å². The number of carboxylic acid groups (broad SMARTS) is 1. The molecule has 0 bridgehead atoms. The molecule has 0 aliphatic carbocycles. The van der Waals surface area contributed by atoms with Gasteiger partial charge in [-0.05, 0) is 25.5 Å². The molecule has 1 N–H and O–H groups in total. The third kappa shape index (κ3) is 2.51. The van der Waals surface area contributed by atoms with E-state index in [0.717, 1.165) is 22.6 Å². The number of para-hydroxylation sites is 2. The molecule has 1 heterocycles. The molecule has 0 saturated heterocycles. The third-order valence-corrected chi connectivity index (χ3v) is 3.86. The lowest BCUT2D eigenvalue weighted by atomic mass is 10.2. The first-order chi connectivity index (χ1) is 8.63. The molecule has 1 aromatic heterocycles. The molecule has 0 radical (unpaired) electrons. The van der Waals surface area contributed by atoms with Gasteiger partial charge in [0.2, 0.25) is 0 Å². The minimum atomic E-state index is -0.817. The molecular formula is C13H16N2O2S. The minimum absolute atomic E-state index is 0.0414. The maximum atomic E-state index is 10.7. The van der Waals surface area contributed by atoms with Crippen molar-refractivity contribution in [3.63, 3.8) is 0 Å². The van der Waals surface area contributed by atoms with Crippen molar-refractivity contribution in [2.45, 2.75) is 31.5 Å². The number of aliphatic carboxylic acids is 1. The van der Waals surface area contributed by atoms with Crippen molar-refractivity contribution in [3.8, 4) is 0 Å². The van der Waals surface area contributed by atoms with E-state index in [9.17, 15) is 4.79 Å². The number of hydrogen-bond acceptors (Lipinski definition) is 3. The van der Waals surface area contributed by atoms with Gasteiger partial charge in [-0.15, -0.1) is 0 Å². The van der Waals surface area contributed by atoms with Crippen LogP contribution >= 0.6 is 11.8 Å². The Balaban J connectivity index is 2.46. The monoisotopic (exact) mass is 264 g/mol. The van der Waals surface area contributed by atoms with Crippen LogP contribution in [0.3, 0.4) is 0 Å². The van der Waals surface area contributed by atoms with Gasteiger partial charge in [0.25, 0.3) is 0 Å². The van der Waals surface area contributed by atoms with Crippen molar-refractivity contribution < 1.29 is 9.90 Å². The molecular weight excluding hydrogens is 248 g/mol. The van der Waals surface area contributed by atoms with E-state index >= 15 is 0 Å². The molecule has 5 heteroatoms. The SMILES string of the molecule is CCC(C)n1c(SCC(=O)O)nc2ccccc21. The zero-order chi connectivity index (χ0) is 13.1. The third-order valence-electron chi connectivity index (χ3n) is 2.92. The van der Waals surface area contributed by atoms with Gasteiger partial charge in [0.1, 0.15) is 0 Å². The fourth-order valence-electron chi connectivity index (χ4n) is 1.86. The van der Waals surface area contributed by atoms with Gasteiger partial charge in [0, 0.05) is 6.04 Å². The molecule has 0 aliphatic rings. The smallest absolute Gasteiger partial charge is 0.313 e. The number of aromatic nitrogens is 2. The second-order valence-corrected chi connectivity index (χ2v) is 5.14. The zero-order valence-corrected chi connectivity index (χ0v) is 11.3. The number of thioether (sulfide) groups is 1. The molecule has 2 aromatic rings. The number of imidazole rings is 1. The Morgan fingerprint density at radius 1 is 1.50 bits per heavy atom.